The molecule has 2 aliphatic rings. The topological polar surface area (TPSA) is 55.1 Å². The second-order valence-corrected chi connectivity index (χ2v) is 4.47. The van der Waals surface area contributed by atoms with Gasteiger partial charge in [0.1, 0.15) is 0 Å². The van der Waals surface area contributed by atoms with Gasteiger partial charge < -0.3 is 11.1 Å². The van der Waals surface area contributed by atoms with E-state index in [9.17, 15) is 4.79 Å². The molecular formula is C12H14N2O. The molecule has 1 saturated carbocycles. The lowest BCUT2D eigenvalue weighted by molar-refractivity contribution is -0.123. The summed E-state index contributed by atoms with van der Waals surface area (Å²) < 4.78 is 0. The fourth-order valence-corrected chi connectivity index (χ4v) is 2.16. The zero-order valence-electron chi connectivity index (χ0n) is 8.44. The van der Waals surface area contributed by atoms with E-state index in [0.29, 0.717) is 0 Å². The van der Waals surface area contributed by atoms with Crippen molar-refractivity contribution in [1.29, 1.82) is 0 Å². The molecule has 3 N–H and O–H groups in total. The van der Waals surface area contributed by atoms with Crippen LogP contribution in [0.15, 0.2) is 24.3 Å². The lowest BCUT2D eigenvalue weighted by atomic mass is 9.77. The number of hydrogen-bond acceptors (Lipinski definition) is 2. The summed E-state index contributed by atoms with van der Waals surface area (Å²) >= 11 is 0. The van der Waals surface area contributed by atoms with E-state index in [1.54, 1.807) is 0 Å². The minimum absolute atomic E-state index is 0.0639. The number of rotatable bonds is 2. The van der Waals surface area contributed by atoms with Crippen LogP contribution >= 0.6 is 0 Å². The molecule has 3 nitrogen and oxygen atoms in total. The zero-order valence-corrected chi connectivity index (χ0v) is 8.44. The molecule has 0 saturated heterocycles. The van der Waals surface area contributed by atoms with Crippen molar-refractivity contribution in [2.24, 2.45) is 5.73 Å². The SMILES string of the molecule is NC1CC1NC(=O)C1Cc2ccccc21. The molecule has 1 aromatic rings. The third kappa shape index (κ3) is 1.43. The number of amides is 1. The van der Waals surface area contributed by atoms with Crippen LogP contribution < -0.4 is 11.1 Å². The summed E-state index contributed by atoms with van der Waals surface area (Å²) in [5, 5.41) is 2.98. The van der Waals surface area contributed by atoms with Crippen molar-refractivity contribution >= 4 is 5.91 Å². The summed E-state index contributed by atoms with van der Waals surface area (Å²) in [6.45, 7) is 0. The highest BCUT2D eigenvalue weighted by Gasteiger charge is 2.39. The highest BCUT2D eigenvalue weighted by atomic mass is 16.2. The van der Waals surface area contributed by atoms with Crippen molar-refractivity contribution in [3.05, 3.63) is 35.4 Å². The predicted octanol–water partition coefficient (Wildman–Crippen LogP) is 0.542. The van der Waals surface area contributed by atoms with Crippen LogP contribution in [-0.4, -0.2) is 18.0 Å². The van der Waals surface area contributed by atoms with Crippen molar-refractivity contribution in [3.63, 3.8) is 0 Å². The molecule has 1 aromatic carbocycles. The number of nitrogens with two attached hydrogens (primary N) is 1. The Morgan fingerprint density at radius 2 is 2.13 bits per heavy atom. The van der Waals surface area contributed by atoms with E-state index in [2.05, 4.69) is 11.4 Å². The smallest absolute Gasteiger partial charge is 0.228 e. The largest absolute Gasteiger partial charge is 0.351 e. The van der Waals surface area contributed by atoms with E-state index < -0.39 is 0 Å². The minimum atomic E-state index is 0.0639. The predicted molar refractivity (Wildman–Crippen MR) is 57.4 cm³/mol. The molecule has 78 valence electrons. The van der Waals surface area contributed by atoms with Gasteiger partial charge in [-0.15, -0.1) is 0 Å². The van der Waals surface area contributed by atoms with Crippen molar-refractivity contribution in [1.82, 2.24) is 5.32 Å². The summed E-state index contributed by atoms with van der Waals surface area (Å²) in [5.74, 6) is 0.209. The summed E-state index contributed by atoms with van der Waals surface area (Å²) in [6.07, 6.45) is 1.81. The Morgan fingerprint density at radius 1 is 1.40 bits per heavy atom. The first-order valence-corrected chi connectivity index (χ1v) is 5.39. The number of carbonyl (C=O) groups excluding carboxylic acids is 1. The van der Waals surface area contributed by atoms with Gasteiger partial charge in [0.05, 0.1) is 5.92 Å². The molecule has 2 aliphatic carbocycles. The minimum Gasteiger partial charge on any atom is -0.351 e. The second-order valence-electron chi connectivity index (χ2n) is 4.47. The van der Waals surface area contributed by atoms with E-state index in [4.69, 9.17) is 5.73 Å². The Morgan fingerprint density at radius 3 is 2.80 bits per heavy atom. The van der Waals surface area contributed by atoms with Gasteiger partial charge in [-0.2, -0.15) is 0 Å². The molecule has 1 amide bonds. The van der Waals surface area contributed by atoms with Crippen LogP contribution in [0.2, 0.25) is 0 Å². The third-order valence-electron chi connectivity index (χ3n) is 3.34. The van der Waals surface area contributed by atoms with Gasteiger partial charge in [-0.3, -0.25) is 4.79 Å². The number of carbonyl (C=O) groups is 1. The first-order valence-electron chi connectivity index (χ1n) is 5.39. The lowest BCUT2D eigenvalue weighted by Gasteiger charge is -2.28. The maximum atomic E-state index is 11.8. The molecule has 0 heterocycles. The van der Waals surface area contributed by atoms with Gasteiger partial charge in [-0.05, 0) is 24.0 Å². The van der Waals surface area contributed by atoms with Crippen LogP contribution in [0.5, 0.6) is 0 Å². The highest BCUT2D eigenvalue weighted by molar-refractivity contribution is 5.87. The Labute approximate surface area is 88.7 Å². The highest BCUT2D eigenvalue weighted by Crippen LogP contribution is 2.35. The lowest BCUT2D eigenvalue weighted by Crippen LogP contribution is -2.38. The average Bonchev–Trinajstić information content (AvgIpc) is 2.84. The van der Waals surface area contributed by atoms with E-state index >= 15 is 0 Å². The number of nitrogens with one attached hydrogen (secondary N) is 1. The fourth-order valence-electron chi connectivity index (χ4n) is 2.16. The molecule has 1 fully saturated rings. The molecule has 0 aliphatic heterocycles. The molecule has 3 heteroatoms. The van der Waals surface area contributed by atoms with Gasteiger partial charge in [0.2, 0.25) is 5.91 Å². The van der Waals surface area contributed by atoms with Crippen LogP contribution in [0.3, 0.4) is 0 Å². The van der Waals surface area contributed by atoms with Crippen molar-refractivity contribution in [3.8, 4) is 0 Å². The standard InChI is InChI=1S/C12H14N2O/c13-10-6-11(10)14-12(15)9-5-7-3-1-2-4-8(7)9/h1-4,9-11H,5-6,13H2,(H,14,15). The normalized spacial score (nSPS) is 31.4. The van der Waals surface area contributed by atoms with E-state index in [1.807, 2.05) is 18.2 Å². The molecule has 0 radical (unpaired) electrons. The van der Waals surface area contributed by atoms with Crippen LogP contribution in [0.25, 0.3) is 0 Å². The molecule has 3 unspecified atom stereocenters. The van der Waals surface area contributed by atoms with Crippen LogP contribution in [-0.2, 0) is 11.2 Å². The second kappa shape index (κ2) is 3.07. The fraction of sp³-hybridized carbons (Fsp3) is 0.417. The molecule has 0 bridgehead atoms. The van der Waals surface area contributed by atoms with Gasteiger partial charge in [0.25, 0.3) is 0 Å². The van der Waals surface area contributed by atoms with Crippen LogP contribution in [0.1, 0.15) is 23.5 Å². The molecule has 0 spiro atoms. The monoisotopic (exact) mass is 202 g/mol. The van der Waals surface area contributed by atoms with Crippen LogP contribution in [0, 0.1) is 0 Å². The van der Waals surface area contributed by atoms with Gasteiger partial charge in [-0.1, -0.05) is 24.3 Å². The van der Waals surface area contributed by atoms with Crippen LogP contribution in [0.4, 0.5) is 0 Å². The van der Waals surface area contributed by atoms with Gasteiger partial charge in [-0.25, -0.2) is 0 Å². The first kappa shape index (κ1) is 8.92. The summed E-state index contributed by atoms with van der Waals surface area (Å²) in [7, 11) is 0. The molecule has 3 rings (SSSR count). The summed E-state index contributed by atoms with van der Waals surface area (Å²) in [6, 6.07) is 8.54. The Bertz CT molecular complexity index is 416. The van der Waals surface area contributed by atoms with Crippen molar-refractivity contribution in [2.45, 2.75) is 30.8 Å². The Kier molecular flexibility index (Phi) is 1.83. The molecule has 0 aromatic heterocycles. The summed E-state index contributed by atoms with van der Waals surface area (Å²) in [4.78, 5) is 11.8. The number of benzene rings is 1. The first-order chi connectivity index (χ1) is 7.25. The Balaban J connectivity index is 1.68. The summed E-state index contributed by atoms with van der Waals surface area (Å²) in [5.41, 5.74) is 8.14. The van der Waals surface area contributed by atoms with Crippen molar-refractivity contribution < 1.29 is 4.79 Å². The molecule has 3 atom stereocenters. The third-order valence-corrected chi connectivity index (χ3v) is 3.34. The zero-order chi connectivity index (χ0) is 10.4. The Hall–Kier alpha value is -1.35. The van der Waals surface area contributed by atoms with E-state index in [-0.39, 0.29) is 23.9 Å². The van der Waals surface area contributed by atoms with E-state index in [1.165, 1.54) is 11.1 Å². The molecule has 15 heavy (non-hydrogen) atoms. The number of fused-ring (bicyclic) bond motifs is 1. The average molecular weight is 202 g/mol. The van der Waals surface area contributed by atoms with Crippen molar-refractivity contribution in [2.75, 3.05) is 0 Å². The van der Waals surface area contributed by atoms with Gasteiger partial charge in [0, 0.05) is 12.1 Å². The maximum absolute atomic E-state index is 11.8. The maximum Gasteiger partial charge on any atom is 0.228 e. The van der Waals surface area contributed by atoms with Gasteiger partial charge in [0.15, 0.2) is 0 Å². The van der Waals surface area contributed by atoms with E-state index in [0.717, 1.165) is 12.8 Å². The van der Waals surface area contributed by atoms with Gasteiger partial charge >= 0.3 is 0 Å². The number of hydrogen-bond donors (Lipinski definition) is 2. The molecular weight excluding hydrogens is 188 g/mol. The quantitative estimate of drug-likeness (QED) is 0.735.